The third-order valence-corrected chi connectivity index (χ3v) is 3.23. The van der Waals surface area contributed by atoms with Crippen molar-refractivity contribution in [3.05, 3.63) is 33.0 Å². The Morgan fingerprint density at radius 3 is 1.35 bits per heavy atom. The summed E-state index contributed by atoms with van der Waals surface area (Å²) in [5.74, 6) is -7.36. The predicted molar refractivity (Wildman–Crippen MR) is 52.4 cm³/mol. The van der Waals surface area contributed by atoms with Crippen molar-refractivity contribution in [3.63, 3.8) is 0 Å². The number of aldehydes is 2. The van der Waals surface area contributed by atoms with E-state index in [4.69, 9.17) is 0 Å². The molecule has 0 bridgehead atoms. The summed E-state index contributed by atoms with van der Waals surface area (Å²) < 4.78 is 52.7. The minimum Gasteiger partial charge on any atom is -0.297 e. The van der Waals surface area contributed by atoms with E-state index in [-0.39, 0.29) is 22.3 Å². The molecule has 0 N–H and O–H groups in total. The molecular formula is C10H2F4O2S. The molecule has 1 heterocycles. The number of carbonyl (C=O) groups is 2. The topological polar surface area (TPSA) is 34.1 Å². The third-order valence-electron chi connectivity index (χ3n) is 2.19. The molecule has 0 aliphatic rings. The highest BCUT2D eigenvalue weighted by Gasteiger charge is 2.26. The predicted octanol–water partition coefficient (Wildman–Crippen LogP) is 3.08. The van der Waals surface area contributed by atoms with Gasteiger partial charge in [0.15, 0.2) is 35.8 Å². The highest BCUT2D eigenvalue weighted by atomic mass is 32.1. The maximum absolute atomic E-state index is 13.4. The molecule has 0 radical (unpaired) electrons. The number of benzene rings is 1. The summed E-state index contributed by atoms with van der Waals surface area (Å²) in [6.07, 6.45) is 0.305. The van der Waals surface area contributed by atoms with Crippen LogP contribution in [0.4, 0.5) is 17.6 Å². The Morgan fingerprint density at radius 1 is 0.706 bits per heavy atom. The maximum Gasteiger partial charge on any atom is 0.198 e. The van der Waals surface area contributed by atoms with Crippen molar-refractivity contribution < 1.29 is 27.2 Å². The molecule has 7 heteroatoms. The molecule has 2 nitrogen and oxygen atoms in total. The first-order valence-electron chi connectivity index (χ1n) is 4.21. The molecule has 0 atom stereocenters. The number of hydrogen-bond donors (Lipinski definition) is 0. The van der Waals surface area contributed by atoms with Gasteiger partial charge in [0.2, 0.25) is 0 Å². The molecule has 2 rings (SSSR count). The lowest BCUT2D eigenvalue weighted by molar-refractivity contribution is 0.112. The third kappa shape index (κ3) is 1.46. The van der Waals surface area contributed by atoms with E-state index in [1.165, 1.54) is 0 Å². The van der Waals surface area contributed by atoms with Crippen molar-refractivity contribution in [2.75, 3.05) is 0 Å². The standard InChI is InChI=1S/C10H2F4O2S/c11-7-5-3(1-15)17-4(2-16)6(5)8(12)10(14)9(7)13/h1-2H. The molecule has 1 aromatic heterocycles. The summed E-state index contributed by atoms with van der Waals surface area (Å²) in [7, 11) is 0. The fraction of sp³-hybridized carbons (Fsp3) is 0. The van der Waals surface area contributed by atoms with E-state index in [1.807, 2.05) is 0 Å². The molecule has 2 aromatic rings. The van der Waals surface area contributed by atoms with Crippen LogP contribution in [-0.2, 0) is 0 Å². The Kier molecular flexibility index (Phi) is 2.70. The van der Waals surface area contributed by atoms with Crippen LogP contribution in [0, 0.1) is 23.3 Å². The normalized spacial score (nSPS) is 10.8. The Labute approximate surface area is 95.5 Å². The van der Waals surface area contributed by atoms with E-state index in [9.17, 15) is 27.2 Å². The van der Waals surface area contributed by atoms with Crippen LogP contribution in [0.15, 0.2) is 0 Å². The second kappa shape index (κ2) is 3.92. The summed E-state index contributed by atoms with van der Waals surface area (Å²) in [6.45, 7) is 0. The lowest BCUT2D eigenvalue weighted by Crippen LogP contribution is -1.98. The van der Waals surface area contributed by atoms with Crippen molar-refractivity contribution in [1.82, 2.24) is 0 Å². The number of halogens is 4. The molecule has 0 saturated heterocycles. The van der Waals surface area contributed by atoms with Gasteiger partial charge in [-0.1, -0.05) is 0 Å². The van der Waals surface area contributed by atoms with Crippen molar-refractivity contribution in [3.8, 4) is 0 Å². The first kappa shape index (κ1) is 11.7. The van der Waals surface area contributed by atoms with Gasteiger partial charge in [-0.05, 0) is 0 Å². The van der Waals surface area contributed by atoms with E-state index in [0.717, 1.165) is 0 Å². The maximum atomic E-state index is 13.4. The van der Waals surface area contributed by atoms with Crippen LogP contribution >= 0.6 is 11.3 Å². The fourth-order valence-corrected chi connectivity index (χ4v) is 2.40. The van der Waals surface area contributed by atoms with E-state index in [1.54, 1.807) is 0 Å². The Balaban J connectivity index is 3.12. The number of carbonyl (C=O) groups excluding carboxylic acids is 2. The van der Waals surface area contributed by atoms with Gasteiger partial charge < -0.3 is 0 Å². The summed E-state index contributed by atoms with van der Waals surface area (Å²) in [6, 6.07) is 0. The van der Waals surface area contributed by atoms with Gasteiger partial charge in [-0.25, -0.2) is 17.6 Å². The van der Waals surface area contributed by atoms with Crippen molar-refractivity contribution in [2.24, 2.45) is 0 Å². The van der Waals surface area contributed by atoms with Gasteiger partial charge >= 0.3 is 0 Å². The van der Waals surface area contributed by atoms with E-state index in [0.29, 0.717) is 11.3 Å². The number of hydrogen-bond acceptors (Lipinski definition) is 3. The lowest BCUT2D eigenvalue weighted by atomic mass is 10.1. The quantitative estimate of drug-likeness (QED) is 0.361. The van der Waals surface area contributed by atoms with Gasteiger partial charge in [0.1, 0.15) is 0 Å². The number of fused-ring (bicyclic) bond motifs is 1. The zero-order valence-corrected chi connectivity index (χ0v) is 8.71. The van der Waals surface area contributed by atoms with Gasteiger partial charge in [0.05, 0.1) is 9.75 Å². The van der Waals surface area contributed by atoms with Crippen LogP contribution in [0.2, 0.25) is 0 Å². The van der Waals surface area contributed by atoms with Crippen LogP contribution in [-0.4, -0.2) is 12.6 Å². The molecule has 0 saturated carbocycles. The second-order valence-corrected chi connectivity index (χ2v) is 4.16. The Morgan fingerprint density at radius 2 is 1.06 bits per heavy atom. The molecule has 1 aromatic carbocycles. The molecule has 0 aliphatic heterocycles. The number of rotatable bonds is 2. The van der Waals surface area contributed by atoms with Crippen LogP contribution < -0.4 is 0 Å². The average Bonchev–Trinajstić information content (AvgIpc) is 2.72. The van der Waals surface area contributed by atoms with Gasteiger partial charge in [0, 0.05) is 10.8 Å². The summed E-state index contributed by atoms with van der Waals surface area (Å²) in [4.78, 5) is 20.5. The SMILES string of the molecule is O=Cc1sc(C=O)c2c(F)c(F)c(F)c(F)c12. The molecule has 0 unspecified atom stereocenters. The van der Waals surface area contributed by atoms with E-state index < -0.39 is 34.0 Å². The molecule has 88 valence electrons. The molecule has 0 aliphatic carbocycles. The minimum absolute atomic E-state index is 0.153. The van der Waals surface area contributed by atoms with Crippen LogP contribution in [0.3, 0.4) is 0 Å². The van der Waals surface area contributed by atoms with E-state index >= 15 is 0 Å². The smallest absolute Gasteiger partial charge is 0.198 e. The van der Waals surface area contributed by atoms with Crippen molar-refractivity contribution in [1.29, 1.82) is 0 Å². The summed E-state index contributed by atoms with van der Waals surface area (Å²) in [5.41, 5.74) is 0. The highest BCUT2D eigenvalue weighted by molar-refractivity contribution is 7.17. The summed E-state index contributed by atoms with van der Waals surface area (Å²) in [5, 5.41) is -1.41. The van der Waals surface area contributed by atoms with Crippen LogP contribution in [0.5, 0.6) is 0 Å². The first-order chi connectivity index (χ1) is 8.02. The molecule has 0 fully saturated rings. The number of thiophene rings is 1. The molecule has 17 heavy (non-hydrogen) atoms. The van der Waals surface area contributed by atoms with Crippen molar-refractivity contribution in [2.45, 2.75) is 0 Å². The molecule has 0 spiro atoms. The Bertz CT molecular complexity index is 594. The molecular weight excluding hydrogens is 260 g/mol. The van der Waals surface area contributed by atoms with Gasteiger partial charge in [-0.3, -0.25) is 9.59 Å². The van der Waals surface area contributed by atoms with Crippen LogP contribution in [0.25, 0.3) is 10.8 Å². The van der Waals surface area contributed by atoms with Gasteiger partial charge in [0.25, 0.3) is 0 Å². The highest BCUT2D eigenvalue weighted by Crippen LogP contribution is 2.35. The van der Waals surface area contributed by atoms with Crippen LogP contribution in [0.1, 0.15) is 19.3 Å². The minimum atomic E-state index is -2.01. The first-order valence-corrected chi connectivity index (χ1v) is 5.03. The zero-order chi connectivity index (χ0) is 12.7. The lowest BCUT2D eigenvalue weighted by Gasteiger charge is -2.01. The zero-order valence-electron chi connectivity index (χ0n) is 7.89. The van der Waals surface area contributed by atoms with Gasteiger partial charge in [-0.2, -0.15) is 0 Å². The van der Waals surface area contributed by atoms with Gasteiger partial charge in [-0.15, -0.1) is 11.3 Å². The van der Waals surface area contributed by atoms with E-state index in [2.05, 4.69) is 0 Å². The largest absolute Gasteiger partial charge is 0.297 e. The van der Waals surface area contributed by atoms with Crippen molar-refractivity contribution >= 4 is 34.7 Å². The Hall–Kier alpha value is -1.76. The monoisotopic (exact) mass is 262 g/mol. The second-order valence-electron chi connectivity index (χ2n) is 3.07. The summed E-state index contributed by atoms with van der Waals surface area (Å²) >= 11 is 0.469. The average molecular weight is 262 g/mol. The molecule has 0 amide bonds. The fourth-order valence-electron chi connectivity index (χ4n) is 1.48.